The molecule has 0 aromatic carbocycles. The lowest BCUT2D eigenvalue weighted by molar-refractivity contribution is -0.120. The van der Waals surface area contributed by atoms with E-state index in [0.717, 1.165) is 31.0 Å². The lowest BCUT2D eigenvalue weighted by Crippen LogP contribution is -2.05. The number of unbranched alkanes of at least 4 members (excludes halogenated alkanes) is 1. The molecule has 1 nitrogen and oxygen atoms in total. The van der Waals surface area contributed by atoms with Gasteiger partial charge in [-0.1, -0.05) is 22.4 Å². The Morgan fingerprint density at radius 1 is 1.45 bits per heavy atom. The maximum atomic E-state index is 11.2. The van der Waals surface area contributed by atoms with Crippen LogP contribution in [0.3, 0.4) is 0 Å². The van der Waals surface area contributed by atoms with Gasteiger partial charge in [0.05, 0.1) is 0 Å². The van der Waals surface area contributed by atoms with Crippen LogP contribution in [-0.2, 0) is 4.79 Å². The van der Waals surface area contributed by atoms with Crippen LogP contribution in [0.2, 0.25) is 0 Å². The minimum Gasteiger partial charge on any atom is -0.299 e. The summed E-state index contributed by atoms with van der Waals surface area (Å²) in [6.45, 7) is 0. The van der Waals surface area contributed by atoms with Crippen molar-refractivity contribution in [3.8, 4) is 0 Å². The summed E-state index contributed by atoms with van der Waals surface area (Å²) >= 11 is 3.39. The maximum Gasteiger partial charge on any atom is 0.135 e. The average Bonchev–Trinajstić information content (AvgIpc) is 2.37. The summed E-state index contributed by atoms with van der Waals surface area (Å²) in [5, 5.41) is 1.08. The second-order valence-electron chi connectivity index (χ2n) is 3.24. The molecule has 1 saturated carbocycles. The van der Waals surface area contributed by atoms with Gasteiger partial charge in [-0.3, -0.25) is 4.79 Å². The van der Waals surface area contributed by atoms with Crippen LogP contribution in [-0.4, -0.2) is 11.1 Å². The molecule has 0 aromatic heterocycles. The fraction of sp³-hybridized carbons (Fsp3) is 0.889. The highest BCUT2D eigenvalue weighted by atomic mass is 79.9. The zero-order valence-electron chi connectivity index (χ0n) is 6.81. The Labute approximate surface area is 76.7 Å². The van der Waals surface area contributed by atoms with Crippen molar-refractivity contribution < 1.29 is 4.79 Å². The van der Waals surface area contributed by atoms with Crippen molar-refractivity contribution in [2.75, 3.05) is 5.33 Å². The van der Waals surface area contributed by atoms with E-state index in [0.29, 0.717) is 11.7 Å². The van der Waals surface area contributed by atoms with Crippen LogP contribution in [0.15, 0.2) is 0 Å². The molecule has 1 atom stereocenters. The highest BCUT2D eigenvalue weighted by Gasteiger charge is 2.23. The monoisotopic (exact) mass is 218 g/mol. The molecule has 0 saturated heterocycles. The molecule has 0 bridgehead atoms. The Balaban J connectivity index is 2.10. The Bertz CT molecular complexity index is 134. The standard InChI is InChI=1S/C9H15BrO/c10-7-2-1-4-8-5-3-6-9(8)11/h8H,1-7H2. The third-order valence-electron chi connectivity index (χ3n) is 2.37. The van der Waals surface area contributed by atoms with Gasteiger partial charge in [0.1, 0.15) is 5.78 Å². The molecule has 0 heterocycles. The van der Waals surface area contributed by atoms with Gasteiger partial charge in [-0.25, -0.2) is 0 Å². The van der Waals surface area contributed by atoms with Crippen LogP contribution in [0.4, 0.5) is 0 Å². The molecule has 1 unspecified atom stereocenters. The molecule has 0 spiro atoms. The molecule has 1 aliphatic rings. The quantitative estimate of drug-likeness (QED) is 0.524. The number of carbonyl (C=O) groups excluding carboxylic acids is 1. The third kappa shape index (κ3) is 2.94. The summed E-state index contributed by atoms with van der Waals surface area (Å²) < 4.78 is 0. The first-order valence-corrected chi connectivity index (χ1v) is 5.55. The van der Waals surface area contributed by atoms with E-state index in [1.54, 1.807) is 0 Å². The first kappa shape index (κ1) is 9.24. The number of hydrogen-bond donors (Lipinski definition) is 0. The van der Waals surface area contributed by atoms with E-state index in [-0.39, 0.29) is 0 Å². The van der Waals surface area contributed by atoms with Gasteiger partial charge in [-0.05, 0) is 25.7 Å². The summed E-state index contributed by atoms with van der Waals surface area (Å²) in [4.78, 5) is 11.2. The fourth-order valence-corrected chi connectivity index (χ4v) is 2.07. The molecule has 64 valence electrons. The van der Waals surface area contributed by atoms with Crippen LogP contribution in [0.1, 0.15) is 38.5 Å². The zero-order chi connectivity index (χ0) is 8.10. The fourth-order valence-electron chi connectivity index (χ4n) is 1.68. The van der Waals surface area contributed by atoms with Crippen LogP contribution in [0, 0.1) is 5.92 Å². The van der Waals surface area contributed by atoms with E-state index in [9.17, 15) is 4.79 Å². The number of ketones is 1. The van der Waals surface area contributed by atoms with Crippen molar-refractivity contribution in [2.45, 2.75) is 38.5 Å². The molecular formula is C9H15BrO. The van der Waals surface area contributed by atoms with Gasteiger partial charge in [-0.15, -0.1) is 0 Å². The minimum absolute atomic E-state index is 0.425. The van der Waals surface area contributed by atoms with Crippen molar-refractivity contribution >= 4 is 21.7 Å². The molecule has 0 radical (unpaired) electrons. The van der Waals surface area contributed by atoms with E-state index in [4.69, 9.17) is 0 Å². The van der Waals surface area contributed by atoms with Gasteiger partial charge in [0, 0.05) is 17.7 Å². The van der Waals surface area contributed by atoms with Crippen LogP contribution in [0.5, 0.6) is 0 Å². The molecule has 1 aliphatic carbocycles. The second kappa shape index (κ2) is 4.91. The van der Waals surface area contributed by atoms with E-state index in [2.05, 4.69) is 15.9 Å². The van der Waals surface area contributed by atoms with Crippen LogP contribution >= 0.6 is 15.9 Å². The largest absolute Gasteiger partial charge is 0.299 e. The van der Waals surface area contributed by atoms with E-state index >= 15 is 0 Å². The average molecular weight is 219 g/mol. The topological polar surface area (TPSA) is 17.1 Å². The summed E-state index contributed by atoms with van der Waals surface area (Å²) in [7, 11) is 0. The van der Waals surface area contributed by atoms with E-state index in [1.807, 2.05) is 0 Å². The number of alkyl halides is 1. The van der Waals surface area contributed by atoms with Crippen LogP contribution in [0.25, 0.3) is 0 Å². The van der Waals surface area contributed by atoms with Crippen LogP contribution < -0.4 is 0 Å². The Morgan fingerprint density at radius 3 is 2.82 bits per heavy atom. The molecule has 11 heavy (non-hydrogen) atoms. The van der Waals surface area contributed by atoms with Gasteiger partial charge in [-0.2, -0.15) is 0 Å². The number of rotatable bonds is 4. The highest BCUT2D eigenvalue weighted by molar-refractivity contribution is 9.09. The zero-order valence-corrected chi connectivity index (χ0v) is 8.40. The SMILES string of the molecule is O=C1CCCC1CCCCBr. The van der Waals surface area contributed by atoms with Gasteiger partial charge in [0.15, 0.2) is 0 Å². The molecule has 0 amide bonds. The first-order valence-electron chi connectivity index (χ1n) is 4.43. The maximum absolute atomic E-state index is 11.2. The number of halogens is 1. The third-order valence-corrected chi connectivity index (χ3v) is 2.93. The summed E-state index contributed by atoms with van der Waals surface area (Å²) in [5.74, 6) is 0.939. The van der Waals surface area contributed by atoms with Crippen molar-refractivity contribution in [3.05, 3.63) is 0 Å². The normalized spacial score (nSPS) is 24.5. The van der Waals surface area contributed by atoms with E-state index < -0.39 is 0 Å². The van der Waals surface area contributed by atoms with E-state index in [1.165, 1.54) is 12.8 Å². The molecular weight excluding hydrogens is 204 g/mol. The predicted molar refractivity (Wildman–Crippen MR) is 50.0 cm³/mol. The molecule has 0 N–H and O–H groups in total. The Kier molecular flexibility index (Phi) is 4.13. The van der Waals surface area contributed by atoms with Gasteiger partial charge < -0.3 is 0 Å². The second-order valence-corrected chi connectivity index (χ2v) is 4.03. The number of hydrogen-bond acceptors (Lipinski definition) is 1. The molecule has 0 aromatic rings. The predicted octanol–water partition coefficient (Wildman–Crippen LogP) is 2.92. The summed E-state index contributed by atoms with van der Waals surface area (Å²) in [5.41, 5.74) is 0. The number of Topliss-reactive ketones (excluding diaryl/α,β-unsaturated/α-hetero) is 1. The summed E-state index contributed by atoms with van der Waals surface area (Å²) in [6.07, 6.45) is 6.69. The molecule has 1 rings (SSSR count). The first-order chi connectivity index (χ1) is 5.34. The van der Waals surface area contributed by atoms with Gasteiger partial charge >= 0.3 is 0 Å². The summed E-state index contributed by atoms with van der Waals surface area (Å²) in [6, 6.07) is 0. The van der Waals surface area contributed by atoms with Crippen molar-refractivity contribution in [3.63, 3.8) is 0 Å². The number of carbonyl (C=O) groups is 1. The van der Waals surface area contributed by atoms with Gasteiger partial charge in [0.2, 0.25) is 0 Å². The lowest BCUT2D eigenvalue weighted by atomic mass is 10.0. The minimum atomic E-state index is 0.425. The highest BCUT2D eigenvalue weighted by Crippen LogP contribution is 2.25. The lowest BCUT2D eigenvalue weighted by Gasteiger charge is -2.05. The smallest absolute Gasteiger partial charge is 0.135 e. The van der Waals surface area contributed by atoms with Crippen molar-refractivity contribution in [1.82, 2.24) is 0 Å². The molecule has 0 aliphatic heterocycles. The molecule has 1 fully saturated rings. The Hall–Kier alpha value is 0.150. The molecule has 2 heteroatoms. The Morgan fingerprint density at radius 2 is 2.27 bits per heavy atom. The van der Waals surface area contributed by atoms with Crippen molar-refractivity contribution in [1.29, 1.82) is 0 Å². The van der Waals surface area contributed by atoms with Gasteiger partial charge in [0.25, 0.3) is 0 Å². The van der Waals surface area contributed by atoms with Crippen molar-refractivity contribution in [2.24, 2.45) is 5.92 Å².